The topological polar surface area (TPSA) is 82.4 Å². The van der Waals surface area contributed by atoms with Gasteiger partial charge in [0.05, 0.1) is 36.6 Å². The number of ether oxygens (including phenoxy) is 3. The summed E-state index contributed by atoms with van der Waals surface area (Å²) in [5.74, 6) is 0.769. The number of aromatic nitrogens is 1. The molecule has 0 amide bonds. The fraction of sp³-hybridized carbons (Fsp3) is 0.343. The first kappa shape index (κ1) is 31.1. The average Bonchev–Trinajstić information content (AvgIpc) is 3.35. The Bertz CT molecular complexity index is 1900. The first-order chi connectivity index (χ1) is 21.4. The third kappa shape index (κ3) is 5.64. The van der Waals surface area contributed by atoms with Gasteiger partial charge < -0.3 is 19.1 Å². The molecule has 44 heavy (non-hydrogen) atoms. The van der Waals surface area contributed by atoms with Crippen LogP contribution in [0.25, 0.3) is 16.8 Å². The van der Waals surface area contributed by atoms with Crippen molar-refractivity contribution >= 4 is 39.8 Å². The first-order valence-corrected chi connectivity index (χ1v) is 15.9. The molecule has 230 valence electrons. The van der Waals surface area contributed by atoms with E-state index in [0.29, 0.717) is 38.5 Å². The number of methoxy groups -OCH3 is 2. The quantitative estimate of drug-likeness (QED) is 0.205. The maximum absolute atomic E-state index is 14.4. The van der Waals surface area contributed by atoms with Gasteiger partial charge in [-0.05, 0) is 62.2 Å². The Labute approximate surface area is 261 Å². The van der Waals surface area contributed by atoms with E-state index in [4.69, 9.17) is 19.2 Å². The Kier molecular flexibility index (Phi) is 9.54. The lowest BCUT2D eigenvalue weighted by Gasteiger charge is -2.28. The molecule has 1 atom stereocenters. The summed E-state index contributed by atoms with van der Waals surface area (Å²) < 4.78 is 19.4. The molecular formula is C35H39N3O5S. The van der Waals surface area contributed by atoms with Gasteiger partial charge in [-0.3, -0.25) is 9.36 Å². The van der Waals surface area contributed by atoms with Crippen molar-refractivity contribution in [2.24, 2.45) is 4.99 Å². The lowest BCUT2D eigenvalue weighted by molar-refractivity contribution is -0.139. The highest BCUT2D eigenvalue weighted by atomic mass is 32.1. The van der Waals surface area contributed by atoms with Crippen LogP contribution in [0, 0.1) is 0 Å². The number of rotatable bonds is 11. The molecule has 0 aliphatic carbocycles. The second-order valence-electron chi connectivity index (χ2n) is 10.4. The molecule has 1 unspecified atom stereocenters. The van der Waals surface area contributed by atoms with Gasteiger partial charge in [0.25, 0.3) is 5.56 Å². The number of anilines is 1. The van der Waals surface area contributed by atoms with Crippen molar-refractivity contribution in [3.8, 4) is 11.5 Å². The third-order valence-corrected chi connectivity index (χ3v) is 8.93. The summed E-state index contributed by atoms with van der Waals surface area (Å²) in [7, 11) is 3.24. The number of carbonyl (C=O) groups is 1. The molecule has 8 nitrogen and oxygen atoms in total. The third-order valence-electron chi connectivity index (χ3n) is 7.95. The molecule has 0 bridgehead atoms. The van der Waals surface area contributed by atoms with Gasteiger partial charge in [0.1, 0.15) is 17.5 Å². The molecule has 0 saturated heterocycles. The van der Waals surface area contributed by atoms with Gasteiger partial charge in [-0.1, -0.05) is 55.0 Å². The number of hydrogen-bond donors (Lipinski definition) is 0. The Morgan fingerprint density at radius 2 is 1.75 bits per heavy atom. The van der Waals surface area contributed by atoms with Gasteiger partial charge in [-0.2, -0.15) is 0 Å². The van der Waals surface area contributed by atoms with Gasteiger partial charge in [0.15, 0.2) is 4.80 Å². The van der Waals surface area contributed by atoms with Crippen molar-refractivity contribution in [3.63, 3.8) is 0 Å². The van der Waals surface area contributed by atoms with E-state index in [1.807, 2.05) is 67.6 Å². The summed E-state index contributed by atoms with van der Waals surface area (Å²) in [5.41, 5.74) is 3.30. The van der Waals surface area contributed by atoms with Gasteiger partial charge in [-0.15, -0.1) is 0 Å². The van der Waals surface area contributed by atoms with Crippen LogP contribution < -0.4 is 29.3 Å². The fourth-order valence-electron chi connectivity index (χ4n) is 5.88. The van der Waals surface area contributed by atoms with Crippen LogP contribution in [0.15, 0.2) is 75.7 Å². The first-order valence-electron chi connectivity index (χ1n) is 15.1. The molecule has 1 aliphatic rings. The Morgan fingerprint density at radius 3 is 2.43 bits per heavy atom. The van der Waals surface area contributed by atoms with Crippen LogP contribution in [0.4, 0.5) is 5.69 Å². The summed E-state index contributed by atoms with van der Waals surface area (Å²) in [6.45, 7) is 10.00. The summed E-state index contributed by atoms with van der Waals surface area (Å²) in [6, 6.07) is 17.0. The van der Waals surface area contributed by atoms with Gasteiger partial charge in [0, 0.05) is 36.0 Å². The van der Waals surface area contributed by atoms with Gasteiger partial charge in [-0.25, -0.2) is 9.79 Å². The molecule has 0 saturated carbocycles. The van der Waals surface area contributed by atoms with E-state index in [1.54, 1.807) is 25.7 Å². The lowest BCUT2D eigenvalue weighted by atomic mass is 9.90. The van der Waals surface area contributed by atoms with Crippen LogP contribution in [-0.2, 0) is 9.53 Å². The Balaban J connectivity index is 1.82. The molecule has 1 aliphatic heterocycles. The fourth-order valence-corrected chi connectivity index (χ4v) is 6.89. The second kappa shape index (κ2) is 13.5. The maximum atomic E-state index is 14.4. The van der Waals surface area contributed by atoms with Crippen molar-refractivity contribution in [2.75, 3.05) is 38.8 Å². The van der Waals surface area contributed by atoms with Crippen LogP contribution >= 0.6 is 11.3 Å². The monoisotopic (exact) mass is 613 g/mol. The molecule has 0 N–H and O–H groups in total. The standard InChI is InChI=1S/C35H39N3O5S/c1-7-13-26-31(34(40)43-10-4)32(30-25-15-12-11-14-22(25)17-19-27(30)41-5)38-33(39)29(44-35(38)36-26)20-23-16-18-24(21-28(23)42-6)37(8-2)9-3/h11-12,14-21,32H,7-10,13H2,1-6H3. The number of fused-ring (bicyclic) bond motifs is 2. The lowest BCUT2D eigenvalue weighted by Crippen LogP contribution is -2.40. The molecule has 4 aromatic rings. The van der Waals surface area contributed by atoms with E-state index in [1.165, 1.54) is 11.3 Å². The molecule has 0 spiro atoms. The van der Waals surface area contributed by atoms with Crippen LogP contribution in [-0.4, -0.2) is 44.5 Å². The normalized spacial score (nSPS) is 14.8. The average molecular weight is 614 g/mol. The summed E-state index contributed by atoms with van der Waals surface area (Å²) in [4.78, 5) is 35.8. The smallest absolute Gasteiger partial charge is 0.338 e. The minimum atomic E-state index is -0.790. The Morgan fingerprint density at radius 1 is 1.00 bits per heavy atom. The summed E-state index contributed by atoms with van der Waals surface area (Å²) in [6.07, 6.45) is 3.18. The van der Waals surface area contributed by atoms with Gasteiger partial charge in [0.2, 0.25) is 0 Å². The number of allylic oxidation sites excluding steroid dienone is 1. The van der Waals surface area contributed by atoms with Gasteiger partial charge >= 0.3 is 5.97 Å². The van der Waals surface area contributed by atoms with E-state index in [-0.39, 0.29) is 12.2 Å². The SMILES string of the molecule is CCCC1=C(C(=O)OCC)C(c2c(OC)ccc3ccccc23)n2c(sc(=Cc3ccc(N(CC)CC)cc3OC)c2=O)=N1. The largest absolute Gasteiger partial charge is 0.496 e. The molecule has 0 radical (unpaired) electrons. The number of esters is 1. The predicted octanol–water partition coefficient (Wildman–Crippen LogP) is 5.60. The molecular weight excluding hydrogens is 574 g/mol. The van der Waals surface area contributed by atoms with Crippen molar-refractivity contribution in [2.45, 2.75) is 46.6 Å². The molecule has 9 heteroatoms. The minimum Gasteiger partial charge on any atom is -0.496 e. The van der Waals surface area contributed by atoms with E-state index in [9.17, 15) is 9.59 Å². The second-order valence-corrected chi connectivity index (χ2v) is 11.4. The predicted molar refractivity (Wildman–Crippen MR) is 177 cm³/mol. The number of thiazole rings is 1. The van der Waals surface area contributed by atoms with E-state index in [0.717, 1.165) is 47.1 Å². The summed E-state index contributed by atoms with van der Waals surface area (Å²) in [5, 5.41) is 1.86. The Hall–Kier alpha value is -4.37. The molecule has 0 fully saturated rings. The highest BCUT2D eigenvalue weighted by Gasteiger charge is 2.37. The molecule has 1 aromatic heterocycles. The number of benzene rings is 3. The van der Waals surface area contributed by atoms with Crippen LogP contribution in [0.5, 0.6) is 11.5 Å². The zero-order chi connectivity index (χ0) is 31.4. The number of nitrogens with zero attached hydrogens (tertiary/aromatic N) is 3. The van der Waals surface area contributed by atoms with Crippen molar-refractivity contribution in [3.05, 3.63) is 96.7 Å². The zero-order valence-electron chi connectivity index (χ0n) is 26.2. The zero-order valence-corrected chi connectivity index (χ0v) is 27.0. The number of hydrogen-bond acceptors (Lipinski definition) is 8. The highest BCUT2D eigenvalue weighted by molar-refractivity contribution is 7.07. The van der Waals surface area contributed by atoms with Crippen molar-refractivity contribution < 1.29 is 19.0 Å². The van der Waals surface area contributed by atoms with Crippen LogP contribution in [0.2, 0.25) is 0 Å². The summed E-state index contributed by atoms with van der Waals surface area (Å²) >= 11 is 1.30. The van der Waals surface area contributed by atoms with Crippen molar-refractivity contribution in [1.29, 1.82) is 0 Å². The highest BCUT2D eigenvalue weighted by Crippen LogP contribution is 2.41. The molecule has 3 aromatic carbocycles. The van der Waals surface area contributed by atoms with E-state index >= 15 is 0 Å². The van der Waals surface area contributed by atoms with Crippen LogP contribution in [0.3, 0.4) is 0 Å². The molecule has 5 rings (SSSR count). The van der Waals surface area contributed by atoms with Crippen molar-refractivity contribution in [1.82, 2.24) is 4.57 Å². The maximum Gasteiger partial charge on any atom is 0.338 e. The molecule has 2 heterocycles. The number of carbonyl (C=O) groups excluding carboxylic acids is 1. The minimum absolute atomic E-state index is 0.203. The van der Waals surface area contributed by atoms with E-state index in [2.05, 4.69) is 18.7 Å². The van der Waals surface area contributed by atoms with Crippen LogP contribution in [0.1, 0.15) is 57.7 Å². The van der Waals surface area contributed by atoms with E-state index < -0.39 is 12.0 Å².